The van der Waals surface area contributed by atoms with Gasteiger partial charge >= 0.3 is 5.97 Å². The Morgan fingerprint density at radius 3 is 2.19 bits per heavy atom. The monoisotopic (exact) mass is 430 g/mol. The molecule has 7 nitrogen and oxygen atoms in total. The van der Waals surface area contributed by atoms with Crippen molar-refractivity contribution in [2.45, 2.75) is 58.8 Å². The quantitative estimate of drug-likeness (QED) is 0.235. The standard InChI is InChI=1S/C22H28N2O5.C2H6/c1-2-11-23(17(25)9-10-18(26)27)12-5-3-4-6-13-24-21(28)19-15-7-8-16(14-15)20(19)22(24)29;1-2/h1,7-8,15-16,19-20H,3-6,9-14H2,(H,26,27);1-2H3. The maximum absolute atomic E-state index is 12.6. The van der Waals surface area contributed by atoms with Crippen molar-refractivity contribution >= 4 is 23.7 Å². The zero-order chi connectivity index (χ0) is 23.0. The van der Waals surface area contributed by atoms with Crippen molar-refractivity contribution in [2.24, 2.45) is 23.7 Å². The molecule has 170 valence electrons. The van der Waals surface area contributed by atoms with Gasteiger partial charge in [-0.05, 0) is 31.1 Å². The van der Waals surface area contributed by atoms with Crippen molar-refractivity contribution < 1.29 is 24.3 Å². The van der Waals surface area contributed by atoms with Crippen LogP contribution in [-0.2, 0) is 19.2 Å². The molecular weight excluding hydrogens is 396 g/mol. The van der Waals surface area contributed by atoms with Gasteiger partial charge in [0.15, 0.2) is 0 Å². The van der Waals surface area contributed by atoms with Gasteiger partial charge in [0.2, 0.25) is 17.7 Å². The zero-order valence-corrected chi connectivity index (χ0v) is 18.6. The lowest BCUT2D eigenvalue weighted by molar-refractivity contribution is -0.141. The first kappa shape index (κ1) is 24.6. The number of carbonyl (C=O) groups is 4. The van der Waals surface area contributed by atoms with Crippen LogP contribution in [0.5, 0.6) is 0 Å². The highest BCUT2D eigenvalue weighted by Crippen LogP contribution is 2.52. The molecule has 31 heavy (non-hydrogen) atoms. The van der Waals surface area contributed by atoms with Gasteiger partial charge in [0.05, 0.1) is 24.8 Å². The normalized spacial score (nSPS) is 25.1. The Bertz CT molecular complexity index is 724. The summed E-state index contributed by atoms with van der Waals surface area (Å²) in [4.78, 5) is 50.9. The first-order chi connectivity index (χ1) is 14.9. The van der Waals surface area contributed by atoms with Gasteiger partial charge < -0.3 is 10.0 Å². The molecule has 1 saturated heterocycles. The lowest BCUT2D eigenvalue weighted by Crippen LogP contribution is -2.34. The molecule has 0 aromatic carbocycles. The third-order valence-electron chi connectivity index (χ3n) is 6.31. The number of terminal acetylenes is 1. The van der Waals surface area contributed by atoms with Crippen LogP contribution in [0.15, 0.2) is 12.2 Å². The summed E-state index contributed by atoms with van der Waals surface area (Å²) in [5, 5.41) is 8.69. The van der Waals surface area contributed by atoms with Crippen molar-refractivity contribution in [3.63, 3.8) is 0 Å². The van der Waals surface area contributed by atoms with Gasteiger partial charge in [0.1, 0.15) is 0 Å². The Kier molecular flexibility index (Phi) is 9.29. The number of nitrogens with zero attached hydrogens (tertiary/aromatic N) is 2. The molecule has 0 aromatic rings. The number of amides is 3. The second-order valence-corrected chi connectivity index (χ2v) is 8.16. The van der Waals surface area contributed by atoms with Gasteiger partial charge in [-0.2, -0.15) is 0 Å². The summed E-state index contributed by atoms with van der Waals surface area (Å²) in [6.45, 7) is 5.13. The molecule has 1 N–H and O–H groups in total. The summed E-state index contributed by atoms with van der Waals surface area (Å²) >= 11 is 0. The van der Waals surface area contributed by atoms with Gasteiger partial charge in [-0.15, -0.1) is 6.42 Å². The Hall–Kier alpha value is -2.62. The number of rotatable bonds is 11. The molecule has 0 spiro atoms. The minimum Gasteiger partial charge on any atom is -0.481 e. The van der Waals surface area contributed by atoms with Crippen LogP contribution < -0.4 is 0 Å². The third-order valence-corrected chi connectivity index (χ3v) is 6.31. The number of likely N-dealkylation sites (tertiary alicyclic amines) is 1. The van der Waals surface area contributed by atoms with Crippen molar-refractivity contribution in [3.05, 3.63) is 12.2 Å². The third kappa shape index (κ3) is 5.75. The fourth-order valence-electron chi connectivity index (χ4n) is 4.88. The van der Waals surface area contributed by atoms with Crippen LogP contribution in [0.4, 0.5) is 0 Å². The second-order valence-electron chi connectivity index (χ2n) is 8.16. The molecule has 2 bridgehead atoms. The molecule has 0 aromatic heterocycles. The number of allylic oxidation sites excluding steroid dienone is 2. The number of carboxylic acids is 1. The molecular formula is C24H34N2O5. The molecule has 3 aliphatic rings. The smallest absolute Gasteiger partial charge is 0.303 e. The van der Waals surface area contributed by atoms with E-state index < -0.39 is 5.97 Å². The van der Waals surface area contributed by atoms with Crippen molar-refractivity contribution in [3.8, 4) is 12.3 Å². The fraction of sp³-hybridized carbons (Fsp3) is 0.667. The number of imide groups is 1. The first-order valence-electron chi connectivity index (χ1n) is 11.4. The van der Waals surface area contributed by atoms with E-state index in [0.717, 1.165) is 32.1 Å². The summed E-state index contributed by atoms with van der Waals surface area (Å²) in [5.41, 5.74) is 0. The molecule has 4 atom stereocenters. The summed E-state index contributed by atoms with van der Waals surface area (Å²) < 4.78 is 0. The number of aliphatic carboxylic acids is 1. The van der Waals surface area contributed by atoms with Crippen LogP contribution in [-0.4, -0.2) is 58.2 Å². The molecule has 1 heterocycles. The lowest BCUT2D eigenvalue weighted by atomic mass is 9.85. The van der Waals surface area contributed by atoms with E-state index in [1.54, 1.807) is 0 Å². The number of hydrogen-bond acceptors (Lipinski definition) is 4. The highest BCUT2D eigenvalue weighted by atomic mass is 16.4. The molecule has 2 fully saturated rings. The van der Waals surface area contributed by atoms with Gasteiger partial charge in [0.25, 0.3) is 0 Å². The summed E-state index contributed by atoms with van der Waals surface area (Å²) in [7, 11) is 0. The van der Waals surface area contributed by atoms with Gasteiger partial charge in [-0.3, -0.25) is 24.1 Å². The topological polar surface area (TPSA) is 95.0 Å². The summed E-state index contributed by atoms with van der Waals surface area (Å²) in [6.07, 6.45) is 13.4. The number of carbonyl (C=O) groups excluding carboxylic acids is 3. The van der Waals surface area contributed by atoms with E-state index in [1.807, 2.05) is 13.8 Å². The molecule has 4 unspecified atom stereocenters. The van der Waals surface area contributed by atoms with Crippen LogP contribution in [0.3, 0.4) is 0 Å². The number of unbranched alkanes of at least 4 members (excludes halogenated alkanes) is 3. The molecule has 1 aliphatic heterocycles. The Morgan fingerprint density at radius 2 is 1.65 bits per heavy atom. The molecule has 7 heteroatoms. The van der Waals surface area contributed by atoms with E-state index in [9.17, 15) is 19.2 Å². The van der Waals surface area contributed by atoms with Gasteiger partial charge in [-0.25, -0.2) is 0 Å². The summed E-state index contributed by atoms with van der Waals surface area (Å²) in [6, 6.07) is 0. The molecule has 2 aliphatic carbocycles. The minimum absolute atomic E-state index is 0.000993. The number of hydrogen-bond donors (Lipinski definition) is 1. The van der Waals surface area contributed by atoms with Crippen molar-refractivity contribution in [2.75, 3.05) is 19.6 Å². The maximum atomic E-state index is 12.6. The van der Waals surface area contributed by atoms with E-state index >= 15 is 0 Å². The number of carboxylic acid groups (broad SMARTS) is 1. The van der Waals surface area contributed by atoms with E-state index in [2.05, 4.69) is 18.1 Å². The molecule has 0 radical (unpaired) electrons. The highest BCUT2D eigenvalue weighted by Gasteiger charge is 2.58. The lowest BCUT2D eigenvalue weighted by Gasteiger charge is -2.20. The van der Waals surface area contributed by atoms with Crippen molar-refractivity contribution in [1.29, 1.82) is 0 Å². The predicted molar refractivity (Wildman–Crippen MR) is 117 cm³/mol. The first-order valence-corrected chi connectivity index (χ1v) is 11.4. The average Bonchev–Trinajstić information content (AvgIpc) is 3.44. The van der Waals surface area contributed by atoms with Crippen molar-refractivity contribution in [1.82, 2.24) is 9.80 Å². The second kappa shape index (κ2) is 11.7. The summed E-state index contributed by atoms with van der Waals surface area (Å²) in [5.74, 6) is 1.42. The Morgan fingerprint density at radius 1 is 1.06 bits per heavy atom. The van der Waals surface area contributed by atoms with Gasteiger partial charge in [0, 0.05) is 19.5 Å². The van der Waals surface area contributed by atoms with Crippen LogP contribution >= 0.6 is 0 Å². The largest absolute Gasteiger partial charge is 0.481 e. The van der Waals surface area contributed by atoms with Crippen LogP contribution in [0.1, 0.15) is 58.8 Å². The van der Waals surface area contributed by atoms with E-state index in [-0.39, 0.29) is 60.8 Å². The zero-order valence-electron chi connectivity index (χ0n) is 18.6. The van der Waals surface area contributed by atoms with Crippen LogP contribution in [0, 0.1) is 36.0 Å². The van der Waals surface area contributed by atoms with Gasteiger partial charge in [-0.1, -0.05) is 44.8 Å². The Balaban J connectivity index is 0.00000166. The molecule has 1 saturated carbocycles. The predicted octanol–water partition coefficient (Wildman–Crippen LogP) is 2.71. The van der Waals surface area contributed by atoms with Crippen LogP contribution in [0.2, 0.25) is 0 Å². The Labute approximate surface area is 184 Å². The average molecular weight is 431 g/mol. The minimum atomic E-state index is -1.00. The SMILES string of the molecule is C#CCN(CCCCCCN1C(=O)C2C3C=CC(C3)C2C1=O)C(=O)CCC(=O)O.CC. The molecule has 3 amide bonds. The molecule has 3 rings (SSSR count). The van der Waals surface area contributed by atoms with E-state index in [4.69, 9.17) is 11.5 Å². The number of fused-ring (bicyclic) bond motifs is 5. The van der Waals surface area contributed by atoms with E-state index in [0.29, 0.717) is 13.1 Å². The fourth-order valence-corrected chi connectivity index (χ4v) is 4.88. The van der Waals surface area contributed by atoms with Crippen LogP contribution in [0.25, 0.3) is 0 Å². The highest BCUT2D eigenvalue weighted by molar-refractivity contribution is 6.06. The van der Waals surface area contributed by atoms with E-state index in [1.165, 1.54) is 9.80 Å². The maximum Gasteiger partial charge on any atom is 0.303 e.